The minimum Gasteiger partial charge on any atom is -0.322 e. The van der Waals surface area contributed by atoms with Gasteiger partial charge in [0.1, 0.15) is 5.69 Å². The van der Waals surface area contributed by atoms with Crippen molar-refractivity contribution in [1.29, 1.82) is 0 Å². The van der Waals surface area contributed by atoms with Gasteiger partial charge in [0.05, 0.1) is 0 Å². The van der Waals surface area contributed by atoms with Gasteiger partial charge in [-0.2, -0.15) is 0 Å². The number of hydrogen-bond donors (Lipinski definition) is 1. The first kappa shape index (κ1) is 15.5. The highest BCUT2D eigenvalue weighted by Crippen LogP contribution is 2.12. The van der Waals surface area contributed by atoms with Crippen molar-refractivity contribution in [2.45, 2.75) is 6.92 Å². The number of pyridine rings is 1. The standard InChI is InChI=1S/C21H16N2O/c1-16-8-11-20(12-9-16)23-21(24)18-6-4-5-17(15-18)10-13-19-7-2-3-14-22-19/h2-9,11-12,14-15H,1H3,(H,23,24). The number of aryl methyl sites for hydroxylation is 1. The van der Waals surface area contributed by atoms with E-state index in [1.165, 1.54) is 0 Å². The van der Waals surface area contributed by atoms with Crippen LogP contribution in [0.15, 0.2) is 72.9 Å². The monoisotopic (exact) mass is 312 g/mol. The van der Waals surface area contributed by atoms with Crippen LogP contribution in [0.2, 0.25) is 0 Å². The molecule has 3 rings (SSSR count). The highest BCUT2D eigenvalue weighted by atomic mass is 16.1. The van der Waals surface area contributed by atoms with Gasteiger partial charge < -0.3 is 5.32 Å². The van der Waals surface area contributed by atoms with Gasteiger partial charge in [0.25, 0.3) is 5.91 Å². The van der Waals surface area contributed by atoms with E-state index in [1.807, 2.05) is 61.5 Å². The van der Waals surface area contributed by atoms with Crippen LogP contribution >= 0.6 is 0 Å². The largest absolute Gasteiger partial charge is 0.322 e. The van der Waals surface area contributed by atoms with Crippen molar-refractivity contribution in [3.8, 4) is 11.8 Å². The molecule has 1 aromatic heterocycles. The normalized spacial score (nSPS) is 9.71. The van der Waals surface area contributed by atoms with E-state index in [2.05, 4.69) is 22.1 Å². The number of nitrogens with zero attached hydrogens (tertiary/aromatic N) is 1. The Morgan fingerprint density at radius 1 is 0.958 bits per heavy atom. The smallest absolute Gasteiger partial charge is 0.255 e. The Morgan fingerprint density at radius 3 is 2.54 bits per heavy atom. The van der Waals surface area contributed by atoms with E-state index >= 15 is 0 Å². The number of hydrogen-bond acceptors (Lipinski definition) is 2. The average molecular weight is 312 g/mol. The highest BCUT2D eigenvalue weighted by molar-refractivity contribution is 6.04. The summed E-state index contributed by atoms with van der Waals surface area (Å²) < 4.78 is 0. The Labute approximate surface area is 141 Å². The third kappa shape index (κ3) is 4.08. The number of benzene rings is 2. The SMILES string of the molecule is Cc1ccc(NC(=O)c2cccc(C#Cc3ccccn3)c2)cc1. The quantitative estimate of drug-likeness (QED) is 0.726. The van der Waals surface area contributed by atoms with Crippen LogP contribution in [0.25, 0.3) is 0 Å². The maximum Gasteiger partial charge on any atom is 0.255 e. The molecule has 24 heavy (non-hydrogen) atoms. The Morgan fingerprint density at radius 2 is 1.79 bits per heavy atom. The molecular formula is C21H16N2O. The number of rotatable bonds is 2. The zero-order chi connectivity index (χ0) is 16.8. The predicted octanol–water partition coefficient (Wildman–Crippen LogP) is 4.04. The Bertz CT molecular complexity index is 904. The van der Waals surface area contributed by atoms with E-state index in [0.29, 0.717) is 11.3 Å². The summed E-state index contributed by atoms with van der Waals surface area (Å²) in [5.41, 5.74) is 3.97. The van der Waals surface area contributed by atoms with Gasteiger partial charge in [-0.25, -0.2) is 4.98 Å². The summed E-state index contributed by atoms with van der Waals surface area (Å²) in [5, 5.41) is 2.89. The third-order valence-corrected chi connectivity index (χ3v) is 3.43. The first-order valence-electron chi connectivity index (χ1n) is 7.62. The van der Waals surface area contributed by atoms with Crippen LogP contribution in [0.3, 0.4) is 0 Å². The van der Waals surface area contributed by atoms with Gasteiger partial charge in [-0.15, -0.1) is 0 Å². The molecular weight excluding hydrogens is 296 g/mol. The molecule has 0 fully saturated rings. The first-order valence-corrected chi connectivity index (χ1v) is 7.62. The fourth-order valence-electron chi connectivity index (χ4n) is 2.15. The molecule has 0 aliphatic heterocycles. The van der Waals surface area contributed by atoms with Gasteiger partial charge in [-0.05, 0) is 55.3 Å². The van der Waals surface area contributed by atoms with Crippen molar-refractivity contribution in [3.63, 3.8) is 0 Å². The van der Waals surface area contributed by atoms with Crippen LogP contribution in [0.1, 0.15) is 27.2 Å². The molecule has 0 aliphatic rings. The summed E-state index contributed by atoms with van der Waals surface area (Å²) in [7, 11) is 0. The number of amides is 1. The molecule has 116 valence electrons. The molecule has 3 aromatic rings. The van der Waals surface area contributed by atoms with Crippen molar-refractivity contribution in [1.82, 2.24) is 4.98 Å². The molecule has 0 unspecified atom stereocenters. The average Bonchev–Trinajstić information content (AvgIpc) is 2.63. The number of carbonyl (C=O) groups is 1. The van der Waals surface area contributed by atoms with Gasteiger partial charge in [0.15, 0.2) is 0 Å². The predicted molar refractivity (Wildman–Crippen MR) is 95.8 cm³/mol. The van der Waals surface area contributed by atoms with Gasteiger partial charge in [-0.1, -0.05) is 35.7 Å². The lowest BCUT2D eigenvalue weighted by Gasteiger charge is -2.06. The van der Waals surface area contributed by atoms with Crippen LogP contribution in [-0.2, 0) is 0 Å². The second-order valence-corrected chi connectivity index (χ2v) is 5.37. The summed E-state index contributed by atoms with van der Waals surface area (Å²) in [4.78, 5) is 16.5. The van der Waals surface area contributed by atoms with Crippen molar-refractivity contribution >= 4 is 11.6 Å². The molecule has 2 aromatic carbocycles. The maximum absolute atomic E-state index is 12.4. The lowest BCUT2D eigenvalue weighted by molar-refractivity contribution is 0.102. The Hall–Kier alpha value is -3.38. The highest BCUT2D eigenvalue weighted by Gasteiger charge is 2.06. The van der Waals surface area contributed by atoms with E-state index in [1.54, 1.807) is 18.3 Å². The second kappa shape index (κ2) is 7.26. The van der Waals surface area contributed by atoms with E-state index in [-0.39, 0.29) is 5.91 Å². The fraction of sp³-hybridized carbons (Fsp3) is 0.0476. The van der Waals surface area contributed by atoms with Gasteiger partial charge in [-0.3, -0.25) is 4.79 Å². The molecule has 1 heterocycles. The van der Waals surface area contributed by atoms with Gasteiger partial charge >= 0.3 is 0 Å². The summed E-state index contributed by atoms with van der Waals surface area (Å²) in [6.07, 6.45) is 1.70. The van der Waals surface area contributed by atoms with Crippen LogP contribution in [0.4, 0.5) is 5.69 Å². The molecule has 0 saturated heterocycles. The van der Waals surface area contributed by atoms with Crippen LogP contribution < -0.4 is 5.32 Å². The summed E-state index contributed by atoms with van der Waals surface area (Å²) in [6, 6.07) is 20.5. The molecule has 1 amide bonds. The molecule has 0 atom stereocenters. The van der Waals surface area contributed by atoms with Crippen LogP contribution in [0, 0.1) is 18.8 Å². The molecule has 0 bridgehead atoms. The zero-order valence-corrected chi connectivity index (χ0v) is 13.3. The molecule has 0 saturated carbocycles. The van der Waals surface area contributed by atoms with Crippen molar-refractivity contribution < 1.29 is 4.79 Å². The molecule has 3 heteroatoms. The zero-order valence-electron chi connectivity index (χ0n) is 13.3. The number of aromatic nitrogens is 1. The van der Waals surface area contributed by atoms with Crippen LogP contribution in [0.5, 0.6) is 0 Å². The maximum atomic E-state index is 12.4. The summed E-state index contributed by atoms with van der Waals surface area (Å²) in [6.45, 7) is 2.01. The van der Waals surface area contributed by atoms with E-state index < -0.39 is 0 Å². The second-order valence-electron chi connectivity index (χ2n) is 5.37. The van der Waals surface area contributed by atoms with E-state index in [4.69, 9.17) is 0 Å². The van der Waals surface area contributed by atoms with E-state index in [0.717, 1.165) is 16.8 Å². The van der Waals surface area contributed by atoms with Crippen molar-refractivity contribution in [2.75, 3.05) is 5.32 Å². The van der Waals surface area contributed by atoms with Crippen molar-refractivity contribution in [3.05, 3.63) is 95.3 Å². The Balaban J connectivity index is 1.76. The van der Waals surface area contributed by atoms with Gasteiger partial charge in [0.2, 0.25) is 0 Å². The molecule has 0 radical (unpaired) electrons. The molecule has 0 spiro atoms. The summed E-state index contributed by atoms with van der Waals surface area (Å²) in [5.74, 6) is 5.87. The minimum atomic E-state index is -0.152. The number of anilines is 1. The minimum absolute atomic E-state index is 0.152. The lowest BCUT2D eigenvalue weighted by Crippen LogP contribution is -2.11. The third-order valence-electron chi connectivity index (χ3n) is 3.43. The van der Waals surface area contributed by atoms with Crippen LogP contribution in [-0.4, -0.2) is 10.9 Å². The van der Waals surface area contributed by atoms with Gasteiger partial charge in [0, 0.05) is 23.0 Å². The lowest BCUT2D eigenvalue weighted by atomic mass is 10.1. The molecule has 1 N–H and O–H groups in total. The number of nitrogens with one attached hydrogen (secondary N) is 1. The van der Waals surface area contributed by atoms with E-state index in [9.17, 15) is 4.79 Å². The summed E-state index contributed by atoms with van der Waals surface area (Å²) >= 11 is 0. The first-order chi connectivity index (χ1) is 11.7. The number of carbonyl (C=O) groups excluding carboxylic acids is 1. The van der Waals surface area contributed by atoms with Crippen molar-refractivity contribution in [2.24, 2.45) is 0 Å². The topological polar surface area (TPSA) is 42.0 Å². The Kier molecular flexibility index (Phi) is 4.69. The molecule has 0 aliphatic carbocycles. The fourth-order valence-corrected chi connectivity index (χ4v) is 2.15. The molecule has 3 nitrogen and oxygen atoms in total.